The van der Waals surface area contributed by atoms with Crippen molar-refractivity contribution in [3.05, 3.63) is 12.4 Å². The van der Waals surface area contributed by atoms with Gasteiger partial charge in [0.1, 0.15) is 0 Å². The lowest BCUT2D eigenvalue weighted by Gasteiger charge is -2.08. The molecule has 0 spiro atoms. The van der Waals surface area contributed by atoms with Crippen LogP contribution in [0.4, 0.5) is 0 Å². The van der Waals surface area contributed by atoms with Gasteiger partial charge in [-0.1, -0.05) is 18.7 Å². The predicted molar refractivity (Wildman–Crippen MR) is 55.5 cm³/mol. The Hall–Kier alpha value is -0.970. The molecule has 5 heteroatoms. The number of hydrogen-bond acceptors (Lipinski definition) is 3. The summed E-state index contributed by atoms with van der Waals surface area (Å²) in [7, 11) is 0. The van der Waals surface area contributed by atoms with Gasteiger partial charge in [-0.2, -0.15) is 0 Å². The normalized spacial score (nSPS) is 12.7. The largest absolute Gasteiger partial charge is 0.481 e. The molecule has 1 N–H and O–H groups in total. The van der Waals surface area contributed by atoms with Gasteiger partial charge in [-0.15, -0.1) is 0 Å². The first-order chi connectivity index (χ1) is 6.63. The predicted octanol–water partition coefficient (Wildman–Crippen LogP) is 1.86. The molecule has 1 unspecified atom stereocenters. The fraction of sp³-hybridized carbons (Fsp3) is 0.556. The number of carboxylic acid groups (broad SMARTS) is 1. The Balaban J connectivity index is 2.55. The molecule has 14 heavy (non-hydrogen) atoms. The van der Waals surface area contributed by atoms with Crippen molar-refractivity contribution in [2.45, 2.75) is 37.2 Å². The highest BCUT2D eigenvalue weighted by Gasteiger charge is 2.11. The number of carbonyl (C=O) groups is 1. The summed E-state index contributed by atoms with van der Waals surface area (Å²) in [6.07, 6.45) is 3.80. The molecule has 0 aliphatic carbocycles. The highest BCUT2D eigenvalue weighted by molar-refractivity contribution is 7.99. The Kier molecular flexibility index (Phi) is 4.00. The quantitative estimate of drug-likeness (QED) is 0.760. The summed E-state index contributed by atoms with van der Waals surface area (Å²) >= 11 is 1.50. The number of rotatable bonds is 5. The molecule has 1 rings (SSSR count). The molecule has 0 saturated carbocycles. The van der Waals surface area contributed by atoms with Crippen molar-refractivity contribution < 1.29 is 9.90 Å². The fourth-order valence-corrected chi connectivity index (χ4v) is 2.15. The molecule has 1 heterocycles. The highest BCUT2D eigenvalue weighted by atomic mass is 32.2. The Morgan fingerprint density at radius 2 is 2.50 bits per heavy atom. The smallest absolute Gasteiger partial charge is 0.304 e. The van der Waals surface area contributed by atoms with Gasteiger partial charge in [0.05, 0.1) is 6.42 Å². The number of aromatic nitrogens is 2. The SMILES string of the molecule is CCn1ccnc1SC(C)CC(=O)O. The van der Waals surface area contributed by atoms with Crippen molar-refractivity contribution in [3.63, 3.8) is 0 Å². The average Bonchev–Trinajstić information content (AvgIpc) is 2.50. The zero-order valence-electron chi connectivity index (χ0n) is 8.30. The van der Waals surface area contributed by atoms with Crippen LogP contribution in [0.3, 0.4) is 0 Å². The zero-order valence-corrected chi connectivity index (χ0v) is 9.12. The maximum atomic E-state index is 10.5. The lowest BCUT2D eigenvalue weighted by molar-refractivity contribution is -0.136. The molecular weight excluding hydrogens is 200 g/mol. The van der Waals surface area contributed by atoms with Crippen molar-refractivity contribution in [1.29, 1.82) is 0 Å². The van der Waals surface area contributed by atoms with Crippen LogP contribution in [0, 0.1) is 0 Å². The maximum Gasteiger partial charge on any atom is 0.304 e. The van der Waals surface area contributed by atoms with E-state index in [9.17, 15) is 4.79 Å². The number of carboxylic acids is 1. The molecule has 0 fully saturated rings. The van der Waals surface area contributed by atoms with Gasteiger partial charge in [0.2, 0.25) is 0 Å². The first-order valence-corrected chi connectivity index (χ1v) is 5.41. The number of aryl methyl sites for hydroxylation is 1. The van der Waals surface area contributed by atoms with Gasteiger partial charge in [-0.05, 0) is 6.92 Å². The first-order valence-electron chi connectivity index (χ1n) is 4.53. The summed E-state index contributed by atoms with van der Waals surface area (Å²) in [4.78, 5) is 14.6. The Bertz CT molecular complexity index is 312. The van der Waals surface area contributed by atoms with E-state index in [1.807, 2.05) is 24.6 Å². The highest BCUT2D eigenvalue weighted by Crippen LogP contribution is 2.23. The van der Waals surface area contributed by atoms with Crippen molar-refractivity contribution in [1.82, 2.24) is 9.55 Å². The molecule has 0 aromatic carbocycles. The molecule has 0 radical (unpaired) electrons. The van der Waals surface area contributed by atoms with Gasteiger partial charge in [0.25, 0.3) is 0 Å². The Morgan fingerprint density at radius 3 is 3.07 bits per heavy atom. The Morgan fingerprint density at radius 1 is 1.79 bits per heavy atom. The van der Waals surface area contributed by atoms with E-state index in [4.69, 9.17) is 5.11 Å². The lowest BCUT2D eigenvalue weighted by Crippen LogP contribution is -2.07. The molecule has 0 aliphatic rings. The third-order valence-corrected chi connectivity index (χ3v) is 2.91. The minimum Gasteiger partial charge on any atom is -0.481 e. The molecule has 0 bridgehead atoms. The van der Waals surface area contributed by atoms with E-state index in [1.54, 1.807) is 6.20 Å². The average molecular weight is 214 g/mol. The van der Waals surface area contributed by atoms with E-state index in [0.29, 0.717) is 0 Å². The molecule has 0 aliphatic heterocycles. The van der Waals surface area contributed by atoms with Gasteiger partial charge >= 0.3 is 5.97 Å². The van der Waals surface area contributed by atoms with Gasteiger partial charge in [0, 0.05) is 24.2 Å². The summed E-state index contributed by atoms with van der Waals surface area (Å²) in [6, 6.07) is 0. The first kappa shape index (κ1) is 11.1. The molecule has 0 amide bonds. The summed E-state index contributed by atoms with van der Waals surface area (Å²) in [5.41, 5.74) is 0. The number of imidazole rings is 1. The molecule has 78 valence electrons. The molecule has 4 nitrogen and oxygen atoms in total. The van der Waals surface area contributed by atoms with E-state index in [1.165, 1.54) is 11.8 Å². The van der Waals surface area contributed by atoms with Crippen molar-refractivity contribution in [2.24, 2.45) is 0 Å². The van der Waals surface area contributed by atoms with E-state index in [-0.39, 0.29) is 11.7 Å². The van der Waals surface area contributed by atoms with Crippen molar-refractivity contribution >= 4 is 17.7 Å². The summed E-state index contributed by atoms with van der Waals surface area (Å²) in [6.45, 7) is 4.79. The van der Waals surface area contributed by atoms with Crippen LogP contribution >= 0.6 is 11.8 Å². The Labute approximate surface area is 87.3 Å². The second-order valence-corrected chi connectivity index (χ2v) is 4.43. The monoisotopic (exact) mass is 214 g/mol. The standard InChI is InChI=1S/C9H14N2O2S/c1-3-11-5-4-10-9(11)14-7(2)6-8(12)13/h4-5,7H,3,6H2,1-2H3,(H,12,13). The number of thioether (sulfide) groups is 1. The second-order valence-electron chi connectivity index (χ2n) is 3.02. The number of aliphatic carboxylic acids is 1. The molecule has 1 aromatic heterocycles. The second kappa shape index (κ2) is 5.05. The molecule has 1 aromatic rings. The van der Waals surface area contributed by atoms with Crippen LogP contribution in [0.1, 0.15) is 20.3 Å². The van der Waals surface area contributed by atoms with Crippen LogP contribution in [-0.2, 0) is 11.3 Å². The minimum absolute atomic E-state index is 0.0557. The van der Waals surface area contributed by atoms with Gasteiger partial charge in [0.15, 0.2) is 5.16 Å². The maximum absolute atomic E-state index is 10.5. The van der Waals surface area contributed by atoms with Crippen LogP contribution < -0.4 is 0 Å². The lowest BCUT2D eigenvalue weighted by atomic mass is 10.3. The minimum atomic E-state index is -0.764. The molecular formula is C9H14N2O2S. The molecule has 1 atom stereocenters. The van der Waals surface area contributed by atoms with Gasteiger partial charge in [-0.25, -0.2) is 4.98 Å². The van der Waals surface area contributed by atoms with Crippen molar-refractivity contribution in [2.75, 3.05) is 0 Å². The van der Waals surface area contributed by atoms with Gasteiger partial charge < -0.3 is 9.67 Å². The third kappa shape index (κ3) is 3.06. The summed E-state index contributed by atoms with van der Waals surface area (Å²) in [5, 5.41) is 9.54. The topological polar surface area (TPSA) is 55.1 Å². The third-order valence-electron chi connectivity index (χ3n) is 1.79. The van der Waals surface area contributed by atoms with E-state index in [0.717, 1.165) is 11.7 Å². The van der Waals surface area contributed by atoms with Crippen LogP contribution in [0.25, 0.3) is 0 Å². The van der Waals surface area contributed by atoms with Crippen LogP contribution in [-0.4, -0.2) is 25.9 Å². The van der Waals surface area contributed by atoms with E-state index >= 15 is 0 Å². The number of nitrogens with zero attached hydrogens (tertiary/aromatic N) is 2. The van der Waals surface area contributed by atoms with Crippen LogP contribution in [0.5, 0.6) is 0 Å². The fourth-order valence-electron chi connectivity index (χ4n) is 1.12. The summed E-state index contributed by atoms with van der Waals surface area (Å²) < 4.78 is 2.00. The van der Waals surface area contributed by atoms with Crippen LogP contribution in [0.15, 0.2) is 17.6 Å². The number of hydrogen-bond donors (Lipinski definition) is 1. The van der Waals surface area contributed by atoms with Crippen molar-refractivity contribution in [3.8, 4) is 0 Å². The zero-order chi connectivity index (χ0) is 10.6. The van der Waals surface area contributed by atoms with E-state index < -0.39 is 5.97 Å². The van der Waals surface area contributed by atoms with E-state index in [2.05, 4.69) is 4.98 Å². The van der Waals surface area contributed by atoms with Crippen LogP contribution in [0.2, 0.25) is 0 Å². The summed E-state index contributed by atoms with van der Waals surface area (Å²) in [5.74, 6) is -0.764. The molecule has 0 saturated heterocycles. The van der Waals surface area contributed by atoms with Gasteiger partial charge in [-0.3, -0.25) is 4.79 Å².